The molecule has 3 nitrogen and oxygen atoms in total. The zero-order valence-electron chi connectivity index (χ0n) is 12.4. The summed E-state index contributed by atoms with van der Waals surface area (Å²) in [7, 11) is 3.74. The first kappa shape index (κ1) is 15.6. The van der Waals surface area contributed by atoms with Crippen LogP contribution < -0.4 is 14.8 Å². The van der Waals surface area contributed by atoms with Gasteiger partial charge in [0.15, 0.2) is 0 Å². The van der Waals surface area contributed by atoms with Crippen LogP contribution in [0.3, 0.4) is 0 Å². The molecule has 1 N–H and O–H groups in total. The maximum absolute atomic E-state index is 6.36. The predicted octanol–water partition coefficient (Wildman–Crippen LogP) is 4.52. The Morgan fingerprint density at radius 3 is 2.38 bits per heavy atom. The molecule has 1 aromatic rings. The average Bonchev–Trinajstić information content (AvgIpc) is 2.98. The van der Waals surface area contributed by atoms with E-state index in [0.29, 0.717) is 17.6 Å². The minimum atomic E-state index is 0.314. The predicted molar refractivity (Wildman–Crippen MR) is 91.2 cm³/mol. The molecular formula is C16H21Br2NO2. The van der Waals surface area contributed by atoms with Gasteiger partial charge in [0.25, 0.3) is 0 Å². The van der Waals surface area contributed by atoms with Crippen molar-refractivity contribution in [2.75, 3.05) is 14.2 Å². The van der Waals surface area contributed by atoms with Crippen LogP contribution in [0.4, 0.5) is 0 Å². The Morgan fingerprint density at radius 1 is 1.14 bits per heavy atom. The Bertz CT molecular complexity index is 529. The molecule has 0 heterocycles. The van der Waals surface area contributed by atoms with Gasteiger partial charge in [0.1, 0.15) is 17.6 Å². The lowest BCUT2D eigenvalue weighted by Gasteiger charge is -2.53. The SMILES string of the molecule is CNC1CC(Oc2cc(Br)c(OC)cc2Br)C12CCCC2. The third-order valence-electron chi connectivity index (χ3n) is 5.14. The van der Waals surface area contributed by atoms with Gasteiger partial charge in [-0.15, -0.1) is 0 Å². The third kappa shape index (κ3) is 2.62. The summed E-state index contributed by atoms with van der Waals surface area (Å²) in [5, 5.41) is 3.47. The van der Waals surface area contributed by atoms with E-state index < -0.39 is 0 Å². The van der Waals surface area contributed by atoms with E-state index in [-0.39, 0.29) is 0 Å². The molecule has 5 heteroatoms. The van der Waals surface area contributed by atoms with E-state index >= 15 is 0 Å². The van der Waals surface area contributed by atoms with Crippen LogP contribution in [0.5, 0.6) is 11.5 Å². The normalized spacial score (nSPS) is 26.7. The smallest absolute Gasteiger partial charge is 0.135 e. The van der Waals surface area contributed by atoms with Gasteiger partial charge in [-0.2, -0.15) is 0 Å². The van der Waals surface area contributed by atoms with Crippen LogP contribution in [0.2, 0.25) is 0 Å². The number of methoxy groups -OCH3 is 1. The number of hydrogen-bond donors (Lipinski definition) is 1. The second-order valence-electron chi connectivity index (χ2n) is 6.04. The largest absolute Gasteiger partial charge is 0.496 e. The molecule has 2 atom stereocenters. The highest BCUT2D eigenvalue weighted by Gasteiger charge is 2.57. The number of nitrogens with one attached hydrogen (secondary N) is 1. The first-order valence-corrected chi connectivity index (χ1v) is 9.06. The third-order valence-corrected chi connectivity index (χ3v) is 6.38. The summed E-state index contributed by atoms with van der Waals surface area (Å²) in [6, 6.07) is 4.55. The second-order valence-corrected chi connectivity index (χ2v) is 7.75. The molecule has 0 bridgehead atoms. The topological polar surface area (TPSA) is 30.5 Å². The lowest BCUT2D eigenvalue weighted by atomic mass is 9.60. The van der Waals surface area contributed by atoms with Crippen LogP contribution in [0, 0.1) is 5.41 Å². The maximum Gasteiger partial charge on any atom is 0.135 e. The van der Waals surface area contributed by atoms with Crippen LogP contribution in [-0.2, 0) is 0 Å². The van der Waals surface area contributed by atoms with Crippen LogP contribution >= 0.6 is 31.9 Å². The zero-order chi connectivity index (χ0) is 15.0. The molecule has 0 saturated heterocycles. The van der Waals surface area contributed by atoms with Gasteiger partial charge >= 0.3 is 0 Å². The molecule has 3 rings (SSSR count). The van der Waals surface area contributed by atoms with Gasteiger partial charge in [0, 0.05) is 17.9 Å². The molecule has 0 amide bonds. The summed E-state index contributed by atoms with van der Waals surface area (Å²) in [6.07, 6.45) is 6.61. The molecule has 2 aliphatic rings. The van der Waals surface area contributed by atoms with Gasteiger partial charge < -0.3 is 14.8 Å². The number of ether oxygens (including phenoxy) is 2. The van der Waals surface area contributed by atoms with E-state index in [9.17, 15) is 0 Å². The Hall–Kier alpha value is -0.260. The Labute approximate surface area is 143 Å². The molecule has 1 aromatic carbocycles. The fourth-order valence-corrected chi connectivity index (χ4v) is 4.83. The van der Waals surface area contributed by atoms with Crippen molar-refractivity contribution in [1.82, 2.24) is 5.32 Å². The average molecular weight is 419 g/mol. The lowest BCUT2D eigenvalue weighted by molar-refractivity contribution is -0.0740. The van der Waals surface area contributed by atoms with E-state index in [0.717, 1.165) is 26.9 Å². The van der Waals surface area contributed by atoms with E-state index in [2.05, 4.69) is 44.2 Å². The highest BCUT2D eigenvalue weighted by atomic mass is 79.9. The minimum absolute atomic E-state index is 0.314. The number of rotatable bonds is 4. The van der Waals surface area contributed by atoms with Crippen molar-refractivity contribution in [3.63, 3.8) is 0 Å². The molecular weight excluding hydrogens is 398 g/mol. The second kappa shape index (κ2) is 6.09. The fraction of sp³-hybridized carbons (Fsp3) is 0.625. The quantitative estimate of drug-likeness (QED) is 0.779. The van der Waals surface area contributed by atoms with E-state index in [1.165, 1.54) is 25.7 Å². The summed E-state index contributed by atoms with van der Waals surface area (Å²) >= 11 is 7.13. The van der Waals surface area contributed by atoms with Crippen molar-refractivity contribution >= 4 is 31.9 Å². The molecule has 0 radical (unpaired) electrons. The molecule has 2 aliphatic carbocycles. The summed E-state index contributed by atoms with van der Waals surface area (Å²) < 4.78 is 13.5. The Balaban J connectivity index is 1.80. The minimum Gasteiger partial charge on any atom is -0.496 e. The Kier molecular flexibility index (Phi) is 4.53. The van der Waals surface area contributed by atoms with Crippen LogP contribution in [0.15, 0.2) is 21.1 Å². The van der Waals surface area contributed by atoms with Gasteiger partial charge in [0.05, 0.1) is 16.1 Å². The zero-order valence-corrected chi connectivity index (χ0v) is 15.6. The fourth-order valence-electron chi connectivity index (χ4n) is 3.93. The molecule has 2 unspecified atom stereocenters. The monoisotopic (exact) mass is 417 g/mol. The standard InChI is InChI=1S/C16H21Br2NO2/c1-19-14-9-15(16(14)5-3-4-6-16)21-13-8-10(17)12(20-2)7-11(13)18/h7-8,14-15,19H,3-6,9H2,1-2H3. The van der Waals surface area contributed by atoms with Gasteiger partial charge in [-0.25, -0.2) is 0 Å². The van der Waals surface area contributed by atoms with Gasteiger partial charge in [-0.1, -0.05) is 12.8 Å². The first-order valence-electron chi connectivity index (χ1n) is 7.47. The van der Waals surface area contributed by atoms with Crippen LogP contribution in [0.25, 0.3) is 0 Å². The molecule has 21 heavy (non-hydrogen) atoms. The number of hydrogen-bond acceptors (Lipinski definition) is 3. The molecule has 1 spiro atoms. The van der Waals surface area contributed by atoms with Crippen LogP contribution in [-0.4, -0.2) is 26.3 Å². The molecule has 2 saturated carbocycles. The summed E-state index contributed by atoms with van der Waals surface area (Å²) in [5.41, 5.74) is 0.334. The van der Waals surface area contributed by atoms with Crippen molar-refractivity contribution in [3.05, 3.63) is 21.1 Å². The lowest BCUT2D eigenvalue weighted by Crippen LogP contribution is -2.63. The van der Waals surface area contributed by atoms with E-state index in [1.807, 2.05) is 12.1 Å². The van der Waals surface area contributed by atoms with Crippen molar-refractivity contribution < 1.29 is 9.47 Å². The van der Waals surface area contributed by atoms with Crippen molar-refractivity contribution in [3.8, 4) is 11.5 Å². The van der Waals surface area contributed by atoms with Crippen molar-refractivity contribution in [2.45, 2.75) is 44.2 Å². The number of benzene rings is 1. The molecule has 2 fully saturated rings. The molecule has 0 aliphatic heterocycles. The summed E-state index contributed by atoms with van der Waals surface area (Å²) in [4.78, 5) is 0. The summed E-state index contributed by atoms with van der Waals surface area (Å²) in [5.74, 6) is 1.71. The van der Waals surface area contributed by atoms with Crippen molar-refractivity contribution in [1.29, 1.82) is 0 Å². The molecule has 116 valence electrons. The van der Waals surface area contributed by atoms with E-state index in [4.69, 9.17) is 9.47 Å². The maximum atomic E-state index is 6.36. The van der Waals surface area contributed by atoms with Crippen LogP contribution in [0.1, 0.15) is 32.1 Å². The van der Waals surface area contributed by atoms with Crippen molar-refractivity contribution in [2.24, 2.45) is 5.41 Å². The first-order chi connectivity index (χ1) is 10.1. The molecule has 0 aromatic heterocycles. The highest BCUT2D eigenvalue weighted by molar-refractivity contribution is 9.11. The van der Waals surface area contributed by atoms with Gasteiger partial charge in [-0.3, -0.25) is 0 Å². The van der Waals surface area contributed by atoms with Gasteiger partial charge in [-0.05, 0) is 63.9 Å². The van der Waals surface area contributed by atoms with E-state index in [1.54, 1.807) is 7.11 Å². The highest BCUT2D eigenvalue weighted by Crippen LogP contribution is 2.55. The number of halogens is 2. The van der Waals surface area contributed by atoms with Gasteiger partial charge in [0.2, 0.25) is 0 Å². The Morgan fingerprint density at radius 2 is 1.76 bits per heavy atom. The summed E-state index contributed by atoms with van der Waals surface area (Å²) in [6.45, 7) is 0.